The maximum atomic E-state index is 5.63. The Labute approximate surface area is 88.4 Å². The Bertz CT molecular complexity index is 257. The lowest BCUT2D eigenvalue weighted by atomic mass is 9.87. The second-order valence-electron chi connectivity index (χ2n) is 4.84. The number of hydrogen-bond donors (Lipinski definition) is 1. The first kappa shape index (κ1) is 13.2. The van der Waals surface area contributed by atoms with E-state index in [1.807, 2.05) is 0 Å². The fourth-order valence-corrected chi connectivity index (χ4v) is 0.890. The van der Waals surface area contributed by atoms with Crippen molar-refractivity contribution in [3.63, 3.8) is 0 Å². The first-order chi connectivity index (χ1) is 6.29. The molecule has 0 aliphatic rings. The fraction of sp³-hybridized carbons (Fsp3) is 0.538. The summed E-state index contributed by atoms with van der Waals surface area (Å²) < 4.78 is 0. The third kappa shape index (κ3) is 4.43. The van der Waals surface area contributed by atoms with Crippen LogP contribution in [0.1, 0.15) is 34.6 Å². The largest absolute Gasteiger partial charge is 0.326 e. The van der Waals surface area contributed by atoms with Crippen LogP contribution in [0.15, 0.2) is 35.5 Å². The lowest BCUT2D eigenvalue weighted by molar-refractivity contribution is 0.519. The van der Waals surface area contributed by atoms with E-state index in [1.54, 1.807) is 0 Å². The van der Waals surface area contributed by atoms with Crippen LogP contribution in [0, 0.1) is 5.41 Å². The summed E-state index contributed by atoms with van der Waals surface area (Å²) in [5, 5.41) is 0. The van der Waals surface area contributed by atoms with Gasteiger partial charge in [0, 0.05) is 6.54 Å². The minimum Gasteiger partial charge on any atom is -0.326 e. The van der Waals surface area contributed by atoms with E-state index in [-0.39, 0.29) is 5.41 Å². The van der Waals surface area contributed by atoms with Crippen LogP contribution in [-0.4, -0.2) is 6.54 Å². The third-order valence-corrected chi connectivity index (χ3v) is 2.31. The van der Waals surface area contributed by atoms with Crippen LogP contribution < -0.4 is 5.73 Å². The first-order valence-electron chi connectivity index (χ1n) is 5.03. The maximum Gasteiger partial charge on any atom is 0.0177 e. The van der Waals surface area contributed by atoms with Crippen molar-refractivity contribution in [3.8, 4) is 0 Å². The van der Waals surface area contributed by atoms with Gasteiger partial charge in [-0.2, -0.15) is 0 Å². The van der Waals surface area contributed by atoms with Crippen LogP contribution in [0.5, 0.6) is 0 Å². The van der Waals surface area contributed by atoms with Crippen molar-refractivity contribution < 1.29 is 0 Å². The van der Waals surface area contributed by atoms with Crippen molar-refractivity contribution in [1.29, 1.82) is 0 Å². The van der Waals surface area contributed by atoms with Gasteiger partial charge in [0.25, 0.3) is 0 Å². The average Bonchev–Trinajstić information content (AvgIpc) is 2.02. The Balaban J connectivity index is 4.61. The van der Waals surface area contributed by atoms with Crippen LogP contribution >= 0.6 is 0 Å². The number of allylic oxidation sites excluding steroid dienone is 3. The summed E-state index contributed by atoms with van der Waals surface area (Å²) in [6, 6.07) is 0. The van der Waals surface area contributed by atoms with E-state index in [4.69, 9.17) is 5.73 Å². The molecular formula is C13H23N. The SMILES string of the molecule is C=C(/C=C\C(CN)=C(C)C)C(C)(C)C. The van der Waals surface area contributed by atoms with Gasteiger partial charge in [-0.25, -0.2) is 0 Å². The average molecular weight is 193 g/mol. The molecule has 0 aliphatic heterocycles. The highest BCUT2D eigenvalue weighted by molar-refractivity contribution is 5.31. The zero-order valence-electron chi connectivity index (χ0n) is 10.1. The van der Waals surface area contributed by atoms with Gasteiger partial charge in [0.15, 0.2) is 0 Å². The fourth-order valence-electron chi connectivity index (χ4n) is 0.890. The van der Waals surface area contributed by atoms with Gasteiger partial charge in [0.1, 0.15) is 0 Å². The molecule has 0 fully saturated rings. The Morgan fingerprint density at radius 3 is 2.00 bits per heavy atom. The van der Waals surface area contributed by atoms with E-state index in [1.165, 1.54) is 11.1 Å². The minimum absolute atomic E-state index is 0.137. The summed E-state index contributed by atoms with van der Waals surface area (Å²) in [5.74, 6) is 0. The molecule has 0 rings (SSSR count). The molecule has 0 bridgehead atoms. The topological polar surface area (TPSA) is 26.0 Å². The lowest BCUT2D eigenvalue weighted by Gasteiger charge is -2.18. The van der Waals surface area contributed by atoms with Crippen LogP contribution in [-0.2, 0) is 0 Å². The van der Waals surface area contributed by atoms with E-state index >= 15 is 0 Å². The van der Waals surface area contributed by atoms with Crippen molar-refractivity contribution in [1.82, 2.24) is 0 Å². The summed E-state index contributed by atoms with van der Waals surface area (Å²) in [5.41, 5.74) is 9.36. The molecule has 1 nitrogen and oxygen atoms in total. The predicted molar refractivity (Wildman–Crippen MR) is 65.2 cm³/mol. The molecule has 0 unspecified atom stereocenters. The molecule has 0 spiro atoms. The first-order valence-corrected chi connectivity index (χ1v) is 5.03. The molecule has 0 aromatic rings. The number of hydrogen-bond acceptors (Lipinski definition) is 1. The third-order valence-electron chi connectivity index (χ3n) is 2.31. The number of nitrogens with two attached hydrogens (primary N) is 1. The van der Waals surface area contributed by atoms with Crippen molar-refractivity contribution in [2.24, 2.45) is 11.1 Å². The van der Waals surface area contributed by atoms with E-state index in [0.717, 1.165) is 5.57 Å². The standard InChI is InChI=1S/C13H23N/c1-10(2)12(9-14)8-7-11(3)13(4,5)6/h7-8H,3,9,14H2,1-2,4-6H3/b8-7-. The molecule has 14 heavy (non-hydrogen) atoms. The second-order valence-corrected chi connectivity index (χ2v) is 4.84. The molecule has 0 saturated carbocycles. The lowest BCUT2D eigenvalue weighted by Crippen LogP contribution is -2.07. The summed E-state index contributed by atoms with van der Waals surface area (Å²) in [6.07, 6.45) is 4.14. The summed E-state index contributed by atoms with van der Waals surface area (Å²) in [4.78, 5) is 0. The Morgan fingerprint density at radius 2 is 1.71 bits per heavy atom. The quantitative estimate of drug-likeness (QED) is 0.683. The smallest absolute Gasteiger partial charge is 0.0177 e. The van der Waals surface area contributed by atoms with E-state index in [2.05, 4.69) is 53.3 Å². The highest BCUT2D eigenvalue weighted by Gasteiger charge is 2.11. The molecule has 80 valence electrons. The van der Waals surface area contributed by atoms with Gasteiger partial charge in [0.05, 0.1) is 0 Å². The molecule has 0 heterocycles. The molecular weight excluding hydrogens is 170 g/mol. The molecule has 2 N–H and O–H groups in total. The Kier molecular flexibility index (Phi) is 4.86. The van der Waals surface area contributed by atoms with Crippen molar-refractivity contribution >= 4 is 0 Å². The van der Waals surface area contributed by atoms with Crippen LogP contribution in [0.4, 0.5) is 0 Å². The zero-order chi connectivity index (χ0) is 11.4. The monoisotopic (exact) mass is 193 g/mol. The minimum atomic E-state index is 0.137. The Hall–Kier alpha value is -0.820. The maximum absolute atomic E-state index is 5.63. The van der Waals surface area contributed by atoms with Crippen LogP contribution in [0.2, 0.25) is 0 Å². The zero-order valence-corrected chi connectivity index (χ0v) is 10.1. The summed E-state index contributed by atoms with van der Waals surface area (Å²) >= 11 is 0. The van der Waals surface area contributed by atoms with Gasteiger partial charge in [-0.15, -0.1) is 0 Å². The van der Waals surface area contributed by atoms with Crippen LogP contribution in [0.3, 0.4) is 0 Å². The van der Waals surface area contributed by atoms with Gasteiger partial charge in [-0.3, -0.25) is 0 Å². The van der Waals surface area contributed by atoms with Crippen molar-refractivity contribution in [2.75, 3.05) is 6.54 Å². The number of rotatable bonds is 3. The van der Waals surface area contributed by atoms with Crippen molar-refractivity contribution in [2.45, 2.75) is 34.6 Å². The van der Waals surface area contributed by atoms with E-state index < -0.39 is 0 Å². The highest BCUT2D eigenvalue weighted by Crippen LogP contribution is 2.24. The molecule has 1 heteroatoms. The van der Waals surface area contributed by atoms with E-state index in [9.17, 15) is 0 Å². The molecule has 0 aromatic heterocycles. The Morgan fingerprint density at radius 1 is 1.21 bits per heavy atom. The normalized spacial score (nSPS) is 11.9. The molecule has 0 radical (unpaired) electrons. The van der Waals surface area contributed by atoms with E-state index in [0.29, 0.717) is 6.54 Å². The molecule has 0 aromatic carbocycles. The predicted octanol–water partition coefficient (Wildman–Crippen LogP) is 3.44. The molecule has 0 saturated heterocycles. The molecule has 0 atom stereocenters. The van der Waals surface area contributed by atoms with Gasteiger partial charge < -0.3 is 5.73 Å². The summed E-state index contributed by atoms with van der Waals surface area (Å²) in [7, 11) is 0. The van der Waals surface area contributed by atoms with Crippen LogP contribution in [0.25, 0.3) is 0 Å². The van der Waals surface area contributed by atoms with Gasteiger partial charge in [-0.1, -0.05) is 45.1 Å². The highest BCUT2D eigenvalue weighted by atomic mass is 14.5. The molecule has 0 aliphatic carbocycles. The summed E-state index contributed by atoms with van der Waals surface area (Å²) in [6.45, 7) is 15.3. The molecule has 0 amide bonds. The van der Waals surface area contributed by atoms with Gasteiger partial charge in [0.2, 0.25) is 0 Å². The van der Waals surface area contributed by atoms with Gasteiger partial charge >= 0.3 is 0 Å². The second kappa shape index (κ2) is 5.16. The van der Waals surface area contributed by atoms with Crippen molar-refractivity contribution in [3.05, 3.63) is 35.5 Å². The van der Waals surface area contributed by atoms with Gasteiger partial charge in [-0.05, 0) is 30.4 Å².